The largest absolute Gasteiger partial charge is 0.375 e. The molecule has 2 unspecified atom stereocenters. The van der Waals surface area contributed by atoms with Crippen molar-refractivity contribution in [1.29, 1.82) is 0 Å². The lowest BCUT2D eigenvalue weighted by atomic mass is 9.86. The summed E-state index contributed by atoms with van der Waals surface area (Å²) >= 11 is 0. The van der Waals surface area contributed by atoms with Gasteiger partial charge >= 0.3 is 0 Å². The third kappa shape index (κ3) is 6.38. The first-order valence-corrected chi connectivity index (χ1v) is 15.0. The minimum absolute atomic E-state index is 0.116. The molecule has 2 fully saturated rings. The zero-order valence-electron chi connectivity index (χ0n) is 20.7. The second kappa shape index (κ2) is 10.2. The molecule has 0 aromatic heterocycles. The van der Waals surface area contributed by atoms with E-state index in [1.807, 2.05) is 13.8 Å². The van der Waals surface area contributed by atoms with E-state index >= 15 is 0 Å². The molecular weight excluding hydrogens is 476 g/mol. The molecule has 34 heavy (non-hydrogen) atoms. The van der Waals surface area contributed by atoms with Gasteiger partial charge in [-0.2, -0.15) is 0 Å². The van der Waals surface area contributed by atoms with Crippen LogP contribution in [-0.2, 0) is 29.4 Å². The van der Waals surface area contributed by atoms with Crippen molar-refractivity contribution < 1.29 is 26.4 Å². The summed E-state index contributed by atoms with van der Waals surface area (Å²) in [5.74, 6) is -0.409. The summed E-state index contributed by atoms with van der Waals surface area (Å²) in [5.41, 5.74) is 0.454. The molecule has 0 bridgehead atoms. The molecule has 2 atom stereocenters. The molecule has 8 nitrogen and oxygen atoms in total. The second-order valence-corrected chi connectivity index (χ2v) is 15.4. The maximum absolute atomic E-state index is 13.2. The van der Waals surface area contributed by atoms with Crippen molar-refractivity contribution in [2.24, 2.45) is 5.92 Å². The van der Waals surface area contributed by atoms with Crippen molar-refractivity contribution in [2.75, 3.05) is 5.32 Å². The fraction of sp³-hybridized carbons (Fsp3) is 0.708. The summed E-state index contributed by atoms with van der Waals surface area (Å²) < 4.78 is 58.8. The number of carbonyl (C=O) groups is 1. The SMILES string of the molecule is CC1CC(S(=O)(=O)c2cccc(NC(=O)C3CCC(NS(=O)(=O)C(C)(C)C)CC3)c2)CC(C)O1. The molecule has 192 valence electrons. The number of rotatable bonds is 6. The molecule has 1 aliphatic heterocycles. The van der Waals surface area contributed by atoms with Gasteiger partial charge in [0.25, 0.3) is 0 Å². The number of hydrogen-bond acceptors (Lipinski definition) is 6. The second-order valence-electron chi connectivity index (χ2n) is 10.7. The molecule has 10 heteroatoms. The van der Waals surface area contributed by atoms with Crippen LogP contribution in [0.5, 0.6) is 0 Å². The highest BCUT2D eigenvalue weighted by Gasteiger charge is 2.36. The zero-order valence-corrected chi connectivity index (χ0v) is 22.3. The van der Waals surface area contributed by atoms with E-state index in [9.17, 15) is 21.6 Å². The monoisotopic (exact) mass is 514 g/mol. The van der Waals surface area contributed by atoms with Gasteiger partial charge in [0.2, 0.25) is 15.9 Å². The third-order valence-corrected chi connectivity index (χ3v) is 11.2. The molecule has 1 amide bonds. The Balaban J connectivity index is 1.61. The first kappa shape index (κ1) is 27.1. The summed E-state index contributed by atoms with van der Waals surface area (Å²) in [6.45, 7) is 8.75. The fourth-order valence-corrected chi connectivity index (χ4v) is 7.68. The lowest BCUT2D eigenvalue weighted by Gasteiger charge is -2.32. The van der Waals surface area contributed by atoms with Crippen molar-refractivity contribution in [3.05, 3.63) is 24.3 Å². The van der Waals surface area contributed by atoms with E-state index in [0.717, 1.165) is 0 Å². The van der Waals surface area contributed by atoms with E-state index in [-0.39, 0.29) is 35.0 Å². The number of benzene rings is 1. The molecule has 1 aromatic rings. The fourth-order valence-electron chi connectivity index (χ4n) is 4.65. The van der Waals surface area contributed by atoms with Gasteiger partial charge in [-0.1, -0.05) is 6.07 Å². The van der Waals surface area contributed by atoms with Gasteiger partial charge < -0.3 is 10.1 Å². The van der Waals surface area contributed by atoms with Crippen molar-refractivity contribution >= 4 is 31.5 Å². The number of sulfonamides is 1. The standard InChI is InChI=1S/C24H38N2O6S2/c1-16-13-22(14-17(2)32-16)33(28,29)21-8-6-7-20(15-21)25-23(27)18-9-11-19(12-10-18)26-34(30,31)24(3,4)5/h6-8,15-19,22,26H,9-14H2,1-5H3,(H,25,27). The van der Waals surface area contributed by atoms with Gasteiger partial charge in [0.05, 0.1) is 27.1 Å². The number of hydrogen-bond donors (Lipinski definition) is 2. The average molecular weight is 515 g/mol. The topological polar surface area (TPSA) is 119 Å². The maximum atomic E-state index is 13.2. The van der Waals surface area contributed by atoms with E-state index in [0.29, 0.717) is 44.2 Å². The molecule has 2 aliphatic rings. The van der Waals surface area contributed by atoms with E-state index in [1.165, 1.54) is 6.07 Å². The molecule has 1 heterocycles. The van der Waals surface area contributed by atoms with Crippen LogP contribution in [0.15, 0.2) is 29.2 Å². The summed E-state index contributed by atoms with van der Waals surface area (Å²) in [5, 5.41) is 2.36. The van der Waals surface area contributed by atoms with Crippen LogP contribution in [0.4, 0.5) is 5.69 Å². The van der Waals surface area contributed by atoms with Crippen molar-refractivity contribution in [3.63, 3.8) is 0 Å². The van der Waals surface area contributed by atoms with Crippen LogP contribution in [-0.4, -0.2) is 51.0 Å². The van der Waals surface area contributed by atoms with Gasteiger partial charge in [-0.3, -0.25) is 4.79 Å². The third-order valence-electron chi connectivity index (χ3n) is 6.75. The highest BCUT2D eigenvalue weighted by molar-refractivity contribution is 7.92. The predicted molar refractivity (Wildman–Crippen MR) is 133 cm³/mol. The first-order chi connectivity index (χ1) is 15.7. The molecule has 1 aromatic carbocycles. The lowest BCUT2D eigenvalue weighted by molar-refractivity contribution is -0.120. The number of nitrogens with one attached hydrogen (secondary N) is 2. The Hall–Kier alpha value is -1.49. The number of ether oxygens (including phenoxy) is 1. The molecule has 1 aliphatic carbocycles. The highest BCUT2D eigenvalue weighted by Crippen LogP contribution is 2.31. The Morgan fingerprint density at radius 3 is 2.12 bits per heavy atom. The minimum Gasteiger partial charge on any atom is -0.375 e. The smallest absolute Gasteiger partial charge is 0.227 e. The van der Waals surface area contributed by atoms with E-state index < -0.39 is 29.9 Å². The molecule has 2 N–H and O–H groups in total. The predicted octanol–water partition coefficient (Wildman–Crippen LogP) is 3.63. The quantitative estimate of drug-likeness (QED) is 0.598. The Morgan fingerprint density at radius 1 is 0.971 bits per heavy atom. The van der Waals surface area contributed by atoms with Crippen LogP contribution >= 0.6 is 0 Å². The molecule has 3 rings (SSSR count). The van der Waals surface area contributed by atoms with Crippen LogP contribution in [0.1, 0.15) is 73.1 Å². The molecular formula is C24H38N2O6S2. The van der Waals surface area contributed by atoms with E-state index in [2.05, 4.69) is 10.0 Å². The average Bonchev–Trinajstić information content (AvgIpc) is 2.72. The van der Waals surface area contributed by atoms with Gasteiger partial charge in [-0.15, -0.1) is 0 Å². The molecule has 0 spiro atoms. The molecule has 0 radical (unpaired) electrons. The Bertz CT molecular complexity index is 1080. The van der Waals surface area contributed by atoms with Crippen LogP contribution in [0, 0.1) is 5.92 Å². The summed E-state index contributed by atoms with van der Waals surface area (Å²) in [6.07, 6.45) is 2.97. The highest BCUT2D eigenvalue weighted by atomic mass is 32.2. The number of sulfone groups is 1. The molecule has 1 saturated heterocycles. The zero-order chi connectivity index (χ0) is 25.3. The van der Waals surface area contributed by atoms with Crippen LogP contribution in [0.2, 0.25) is 0 Å². The van der Waals surface area contributed by atoms with Crippen LogP contribution in [0.3, 0.4) is 0 Å². The number of carbonyl (C=O) groups excluding carboxylic acids is 1. The summed E-state index contributed by atoms with van der Waals surface area (Å²) in [6, 6.07) is 6.26. The van der Waals surface area contributed by atoms with Crippen LogP contribution < -0.4 is 10.0 Å². The van der Waals surface area contributed by atoms with Crippen molar-refractivity contribution in [1.82, 2.24) is 4.72 Å². The van der Waals surface area contributed by atoms with Gasteiger partial charge in [0, 0.05) is 17.6 Å². The maximum Gasteiger partial charge on any atom is 0.227 e. The number of anilines is 1. The van der Waals surface area contributed by atoms with Gasteiger partial charge in [0.15, 0.2) is 9.84 Å². The van der Waals surface area contributed by atoms with Gasteiger partial charge in [-0.05, 0) is 91.3 Å². The van der Waals surface area contributed by atoms with Gasteiger partial charge in [-0.25, -0.2) is 21.6 Å². The molecule has 1 saturated carbocycles. The van der Waals surface area contributed by atoms with Crippen molar-refractivity contribution in [3.8, 4) is 0 Å². The van der Waals surface area contributed by atoms with Crippen LogP contribution in [0.25, 0.3) is 0 Å². The van der Waals surface area contributed by atoms with E-state index in [4.69, 9.17) is 4.74 Å². The Kier molecular flexibility index (Phi) is 8.17. The Labute approximate surface area is 204 Å². The lowest BCUT2D eigenvalue weighted by Crippen LogP contribution is -2.46. The van der Waals surface area contributed by atoms with Crippen molar-refractivity contribution in [2.45, 2.75) is 106 Å². The summed E-state index contributed by atoms with van der Waals surface area (Å²) in [7, 11) is -6.98. The summed E-state index contributed by atoms with van der Waals surface area (Å²) in [4.78, 5) is 13.1. The first-order valence-electron chi connectivity index (χ1n) is 12.0. The normalized spacial score (nSPS) is 28.9. The number of amides is 1. The van der Waals surface area contributed by atoms with E-state index in [1.54, 1.807) is 39.0 Å². The van der Waals surface area contributed by atoms with Gasteiger partial charge in [0.1, 0.15) is 0 Å². The Morgan fingerprint density at radius 2 is 1.56 bits per heavy atom. The minimum atomic E-state index is -3.54.